The summed E-state index contributed by atoms with van der Waals surface area (Å²) in [5.41, 5.74) is 5.08. The first-order chi connectivity index (χ1) is 11.6. The van der Waals surface area contributed by atoms with E-state index in [1.807, 2.05) is 43.3 Å². The van der Waals surface area contributed by atoms with Crippen LogP contribution < -0.4 is 5.32 Å². The molecule has 0 fully saturated rings. The average Bonchev–Trinajstić information content (AvgIpc) is 3.14. The molecule has 1 aromatic carbocycles. The summed E-state index contributed by atoms with van der Waals surface area (Å²) in [7, 11) is 0. The van der Waals surface area contributed by atoms with Crippen LogP contribution in [0.1, 0.15) is 17.0 Å². The van der Waals surface area contributed by atoms with Crippen LogP contribution in [0.5, 0.6) is 0 Å². The van der Waals surface area contributed by atoms with Crippen molar-refractivity contribution >= 4 is 17.2 Å². The summed E-state index contributed by atoms with van der Waals surface area (Å²) in [6.07, 6.45) is 0. The van der Waals surface area contributed by atoms with Gasteiger partial charge in [0.15, 0.2) is 5.76 Å². The molecule has 4 heteroatoms. The van der Waals surface area contributed by atoms with Gasteiger partial charge in [0.2, 0.25) is 0 Å². The molecule has 4 aromatic rings. The first kappa shape index (κ1) is 14.6. The molecule has 0 radical (unpaired) electrons. The molecule has 0 amide bonds. The summed E-state index contributed by atoms with van der Waals surface area (Å²) in [6.45, 7) is 6.11. The number of aromatic nitrogens is 2. The molecule has 0 aliphatic carbocycles. The summed E-state index contributed by atoms with van der Waals surface area (Å²) in [4.78, 5) is 4.79. The van der Waals surface area contributed by atoms with Gasteiger partial charge in [0.25, 0.3) is 0 Å². The van der Waals surface area contributed by atoms with E-state index < -0.39 is 0 Å². The number of hydrogen-bond donors (Lipinski definition) is 1. The third-order valence-corrected chi connectivity index (χ3v) is 4.21. The van der Waals surface area contributed by atoms with E-state index in [4.69, 9.17) is 9.40 Å². The second kappa shape index (κ2) is 5.57. The monoisotopic (exact) mass is 317 g/mol. The zero-order valence-electron chi connectivity index (χ0n) is 14.0. The van der Waals surface area contributed by atoms with Crippen molar-refractivity contribution in [1.82, 2.24) is 9.38 Å². The predicted molar refractivity (Wildman–Crippen MR) is 96.8 cm³/mol. The standard InChI is InChI=1S/C20H19N3O/c1-13-7-4-5-9-16(13)21-20-19(17-12-11-15(3)24-17)22-18-10-6-8-14(2)23(18)20/h4-12,21H,1-3H3. The van der Waals surface area contributed by atoms with Gasteiger partial charge in [0.1, 0.15) is 22.9 Å². The van der Waals surface area contributed by atoms with Gasteiger partial charge in [0.05, 0.1) is 0 Å². The van der Waals surface area contributed by atoms with E-state index in [9.17, 15) is 0 Å². The lowest BCUT2D eigenvalue weighted by Gasteiger charge is -2.11. The Kier molecular flexibility index (Phi) is 3.38. The predicted octanol–water partition coefficient (Wildman–Crippen LogP) is 5.26. The average molecular weight is 317 g/mol. The molecular weight excluding hydrogens is 298 g/mol. The number of imidazole rings is 1. The molecule has 120 valence electrons. The normalized spacial score (nSPS) is 11.1. The van der Waals surface area contributed by atoms with Crippen molar-refractivity contribution in [2.75, 3.05) is 5.32 Å². The second-order valence-corrected chi connectivity index (χ2v) is 6.02. The van der Waals surface area contributed by atoms with Crippen LogP contribution in [-0.2, 0) is 0 Å². The first-order valence-electron chi connectivity index (χ1n) is 8.01. The lowest BCUT2D eigenvalue weighted by atomic mass is 10.2. The van der Waals surface area contributed by atoms with E-state index >= 15 is 0 Å². The highest BCUT2D eigenvalue weighted by Crippen LogP contribution is 2.33. The molecule has 0 saturated heterocycles. The van der Waals surface area contributed by atoms with Crippen molar-refractivity contribution in [3.05, 3.63) is 71.6 Å². The Balaban J connectivity index is 1.96. The van der Waals surface area contributed by atoms with Crippen LogP contribution in [0.2, 0.25) is 0 Å². The van der Waals surface area contributed by atoms with Gasteiger partial charge >= 0.3 is 0 Å². The molecule has 0 spiro atoms. The Morgan fingerprint density at radius 1 is 0.917 bits per heavy atom. The Morgan fingerprint density at radius 3 is 2.50 bits per heavy atom. The second-order valence-electron chi connectivity index (χ2n) is 6.02. The largest absolute Gasteiger partial charge is 0.460 e. The van der Waals surface area contributed by atoms with Crippen molar-refractivity contribution in [3.63, 3.8) is 0 Å². The highest BCUT2D eigenvalue weighted by Gasteiger charge is 2.18. The van der Waals surface area contributed by atoms with Crippen LogP contribution in [-0.4, -0.2) is 9.38 Å². The van der Waals surface area contributed by atoms with Crippen molar-refractivity contribution in [2.24, 2.45) is 0 Å². The van der Waals surface area contributed by atoms with Crippen LogP contribution in [0, 0.1) is 20.8 Å². The van der Waals surface area contributed by atoms with Crippen LogP contribution >= 0.6 is 0 Å². The van der Waals surface area contributed by atoms with E-state index in [0.29, 0.717) is 0 Å². The zero-order valence-corrected chi connectivity index (χ0v) is 14.0. The van der Waals surface area contributed by atoms with Gasteiger partial charge in [-0.2, -0.15) is 0 Å². The van der Waals surface area contributed by atoms with Gasteiger partial charge in [-0.25, -0.2) is 4.98 Å². The highest BCUT2D eigenvalue weighted by molar-refractivity contribution is 5.78. The Morgan fingerprint density at radius 2 is 1.75 bits per heavy atom. The third kappa shape index (κ3) is 2.36. The number of nitrogens with zero attached hydrogens (tertiary/aromatic N) is 2. The van der Waals surface area contributed by atoms with Crippen LogP contribution in [0.15, 0.2) is 59.0 Å². The molecule has 1 N–H and O–H groups in total. The maximum atomic E-state index is 5.83. The van der Waals surface area contributed by atoms with Crippen molar-refractivity contribution in [1.29, 1.82) is 0 Å². The SMILES string of the molecule is Cc1ccc(-c2nc3cccc(C)n3c2Nc2ccccc2C)o1. The minimum Gasteiger partial charge on any atom is -0.460 e. The molecule has 0 atom stereocenters. The summed E-state index contributed by atoms with van der Waals surface area (Å²) in [5, 5.41) is 3.55. The minimum atomic E-state index is 0.770. The van der Waals surface area contributed by atoms with Gasteiger partial charge in [-0.15, -0.1) is 0 Å². The quantitative estimate of drug-likeness (QED) is 0.560. The van der Waals surface area contributed by atoms with Crippen LogP contribution in [0.4, 0.5) is 11.5 Å². The zero-order chi connectivity index (χ0) is 16.7. The molecule has 0 unspecified atom stereocenters. The minimum absolute atomic E-state index is 0.770. The van der Waals surface area contributed by atoms with E-state index in [1.54, 1.807) is 0 Å². The van der Waals surface area contributed by atoms with Crippen molar-refractivity contribution in [2.45, 2.75) is 20.8 Å². The highest BCUT2D eigenvalue weighted by atomic mass is 16.3. The molecule has 4 rings (SSSR count). The van der Waals surface area contributed by atoms with Crippen molar-refractivity contribution < 1.29 is 4.42 Å². The number of benzene rings is 1. The maximum Gasteiger partial charge on any atom is 0.156 e. The number of aryl methyl sites for hydroxylation is 3. The summed E-state index contributed by atoms with van der Waals surface area (Å²) >= 11 is 0. The Bertz CT molecular complexity index is 1030. The lowest BCUT2D eigenvalue weighted by Crippen LogP contribution is -2.00. The molecular formula is C20H19N3O. The maximum absolute atomic E-state index is 5.83. The van der Waals surface area contributed by atoms with E-state index in [1.165, 1.54) is 5.56 Å². The number of rotatable bonds is 3. The van der Waals surface area contributed by atoms with Gasteiger partial charge in [0, 0.05) is 11.4 Å². The number of hydrogen-bond acceptors (Lipinski definition) is 3. The number of para-hydroxylation sites is 1. The Hall–Kier alpha value is -3.01. The van der Waals surface area contributed by atoms with Gasteiger partial charge in [-0.05, 0) is 56.7 Å². The molecule has 0 aliphatic rings. The Labute approximate surface area is 140 Å². The summed E-state index contributed by atoms with van der Waals surface area (Å²) < 4.78 is 7.96. The van der Waals surface area contributed by atoms with E-state index in [2.05, 4.69) is 41.8 Å². The molecule has 3 aromatic heterocycles. The van der Waals surface area contributed by atoms with E-state index in [0.717, 1.165) is 40.1 Å². The smallest absolute Gasteiger partial charge is 0.156 e. The number of pyridine rings is 1. The molecule has 24 heavy (non-hydrogen) atoms. The number of fused-ring (bicyclic) bond motifs is 1. The third-order valence-electron chi connectivity index (χ3n) is 4.21. The summed E-state index contributed by atoms with van der Waals surface area (Å²) in [5.74, 6) is 2.57. The molecule has 0 bridgehead atoms. The fraction of sp³-hybridized carbons (Fsp3) is 0.150. The van der Waals surface area contributed by atoms with Gasteiger partial charge in [-0.1, -0.05) is 24.3 Å². The lowest BCUT2D eigenvalue weighted by molar-refractivity contribution is 0.547. The topological polar surface area (TPSA) is 42.5 Å². The fourth-order valence-electron chi connectivity index (χ4n) is 2.94. The molecule has 3 heterocycles. The summed E-state index contributed by atoms with van der Waals surface area (Å²) in [6, 6.07) is 18.3. The molecule has 0 aliphatic heterocycles. The van der Waals surface area contributed by atoms with Gasteiger partial charge in [-0.3, -0.25) is 4.40 Å². The number of nitrogens with one attached hydrogen (secondary N) is 1. The van der Waals surface area contributed by atoms with Gasteiger partial charge < -0.3 is 9.73 Å². The number of furan rings is 1. The van der Waals surface area contributed by atoms with Crippen LogP contribution in [0.3, 0.4) is 0 Å². The van der Waals surface area contributed by atoms with Crippen LogP contribution in [0.25, 0.3) is 17.1 Å². The number of anilines is 2. The van der Waals surface area contributed by atoms with Crippen molar-refractivity contribution in [3.8, 4) is 11.5 Å². The molecule has 4 nitrogen and oxygen atoms in total. The fourth-order valence-corrected chi connectivity index (χ4v) is 2.94. The van der Waals surface area contributed by atoms with E-state index in [-0.39, 0.29) is 0 Å². The first-order valence-corrected chi connectivity index (χ1v) is 8.01. The molecule has 0 saturated carbocycles.